The van der Waals surface area contributed by atoms with Crippen LogP contribution in [0.3, 0.4) is 0 Å². The lowest BCUT2D eigenvalue weighted by molar-refractivity contribution is -0.385. The normalized spacial score (nSPS) is 10.9. The number of aromatic nitrogens is 2. The Bertz CT molecular complexity index is 1030. The number of anilines is 1. The minimum Gasteiger partial charge on any atom is -0.322 e. The van der Waals surface area contributed by atoms with Gasteiger partial charge in [-0.15, -0.1) is 0 Å². The van der Waals surface area contributed by atoms with E-state index in [4.69, 9.17) is 0 Å². The second-order valence-electron chi connectivity index (χ2n) is 5.40. The average molecular weight is 370 g/mol. The van der Waals surface area contributed by atoms with E-state index < -0.39 is 28.2 Å². The minimum atomic E-state index is -0.754. The summed E-state index contributed by atoms with van der Waals surface area (Å²) in [6.07, 6.45) is 5.31. The van der Waals surface area contributed by atoms with E-state index in [2.05, 4.69) is 10.4 Å². The standard InChI is InChI=1S/C18H12F2N4O3/c19-13-4-2-12(17(10-13)24(26)27)3-7-18(25)22-14-5-6-16(15(20)11-14)23-9-1-8-21-23/h1-11H,(H,22,25). The van der Waals surface area contributed by atoms with Crippen LogP contribution in [0.4, 0.5) is 20.2 Å². The van der Waals surface area contributed by atoms with Crippen molar-refractivity contribution in [1.82, 2.24) is 9.78 Å². The van der Waals surface area contributed by atoms with Crippen molar-refractivity contribution in [3.05, 3.63) is 88.2 Å². The fourth-order valence-electron chi connectivity index (χ4n) is 2.35. The molecule has 3 aromatic rings. The van der Waals surface area contributed by atoms with Gasteiger partial charge >= 0.3 is 0 Å². The Hall–Kier alpha value is -3.88. The smallest absolute Gasteiger partial charge is 0.279 e. The Kier molecular flexibility index (Phi) is 5.02. The quantitative estimate of drug-likeness (QED) is 0.421. The van der Waals surface area contributed by atoms with E-state index in [1.165, 1.54) is 35.2 Å². The molecule has 0 saturated heterocycles. The molecule has 0 aliphatic heterocycles. The van der Waals surface area contributed by atoms with Crippen LogP contribution in [-0.2, 0) is 4.79 Å². The molecule has 0 radical (unpaired) electrons. The van der Waals surface area contributed by atoms with Gasteiger partial charge in [0, 0.05) is 24.2 Å². The van der Waals surface area contributed by atoms with E-state index in [-0.39, 0.29) is 16.9 Å². The number of benzene rings is 2. The zero-order valence-corrected chi connectivity index (χ0v) is 13.7. The van der Waals surface area contributed by atoms with E-state index in [0.29, 0.717) is 0 Å². The molecule has 0 fully saturated rings. The van der Waals surface area contributed by atoms with Crippen molar-refractivity contribution in [2.24, 2.45) is 0 Å². The summed E-state index contributed by atoms with van der Waals surface area (Å²) in [5.74, 6) is -1.97. The third-order valence-electron chi connectivity index (χ3n) is 3.57. The first-order valence-corrected chi connectivity index (χ1v) is 7.66. The third-order valence-corrected chi connectivity index (χ3v) is 3.57. The molecule has 0 spiro atoms. The number of hydrogen-bond donors (Lipinski definition) is 1. The lowest BCUT2D eigenvalue weighted by atomic mass is 10.1. The molecule has 0 atom stereocenters. The van der Waals surface area contributed by atoms with E-state index in [0.717, 1.165) is 24.3 Å². The molecule has 27 heavy (non-hydrogen) atoms. The molecule has 0 unspecified atom stereocenters. The number of rotatable bonds is 5. The number of nitrogens with zero attached hydrogens (tertiary/aromatic N) is 3. The van der Waals surface area contributed by atoms with Crippen molar-refractivity contribution in [1.29, 1.82) is 0 Å². The molecule has 0 aliphatic carbocycles. The van der Waals surface area contributed by atoms with E-state index >= 15 is 0 Å². The van der Waals surface area contributed by atoms with Gasteiger partial charge in [0.2, 0.25) is 5.91 Å². The van der Waals surface area contributed by atoms with Crippen molar-refractivity contribution in [2.75, 3.05) is 5.32 Å². The summed E-state index contributed by atoms with van der Waals surface area (Å²) < 4.78 is 28.6. The Labute approximate surface area is 151 Å². The van der Waals surface area contributed by atoms with Gasteiger partial charge in [-0.2, -0.15) is 5.10 Å². The second-order valence-corrected chi connectivity index (χ2v) is 5.40. The summed E-state index contributed by atoms with van der Waals surface area (Å²) in [6, 6.07) is 8.72. The molecule has 0 aliphatic rings. The molecular weight excluding hydrogens is 358 g/mol. The molecule has 9 heteroatoms. The number of nitrogens with one attached hydrogen (secondary N) is 1. The van der Waals surface area contributed by atoms with Gasteiger partial charge < -0.3 is 5.32 Å². The van der Waals surface area contributed by atoms with E-state index in [9.17, 15) is 23.7 Å². The summed E-state index contributed by atoms with van der Waals surface area (Å²) >= 11 is 0. The molecule has 1 aromatic heterocycles. The maximum atomic E-state index is 14.2. The lowest BCUT2D eigenvalue weighted by Crippen LogP contribution is -2.09. The monoisotopic (exact) mass is 370 g/mol. The SMILES string of the molecule is O=C(C=Cc1ccc(F)cc1[N+](=O)[O-])Nc1ccc(-n2cccn2)c(F)c1. The highest BCUT2D eigenvalue weighted by atomic mass is 19.1. The first kappa shape index (κ1) is 17.9. The Morgan fingerprint density at radius 1 is 1.22 bits per heavy atom. The Morgan fingerprint density at radius 2 is 2.04 bits per heavy atom. The van der Waals surface area contributed by atoms with Crippen molar-refractivity contribution in [3.63, 3.8) is 0 Å². The number of amides is 1. The van der Waals surface area contributed by atoms with Gasteiger partial charge in [-0.1, -0.05) is 0 Å². The highest BCUT2D eigenvalue weighted by Crippen LogP contribution is 2.21. The van der Waals surface area contributed by atoms with Crippen LogP contribution in [0.5, 0.6) is 0 Å². The van der Waals surface area contributed by atoms with Crippen LogP contribution in [0.15, 0.2) is 60.9 Å². The number of halogens is 2. The Morgan fingerprint density at radius 3 is 2.70 bits per heavy atom. The zero-order valence-electron chi connectivity index (χ0n) is 13.7. The predicted molar refractivity (Wildman–Crippen MR) is 94.2 cm³/mol. The largest absolute Gasteiger partial charge is 0.322 e. The first-order chi connectivity index (χ1) is 12.9. The van der Waals surface area contributed by atoms with Crippen LogP contribution < -0.4 is 5.32 Å². The van der Waals surface area contributed by atoms with Gasteiger partial charge in [0.25, 0.3) is 5.69 Å². The number of carbonyl (C=O) groups excluding carboxylic acids is 1. The highest BCUT2D eigenvalue weighted by Gasteiger charge is 2.13. The van der Waals surface area contributed by atoms with Crippen LogP contribution in [0.1, 0.15) is 5.56 Å². The summed E-state index contributed by atoms with van der Waals surface area (Å²) in [5, 5.41) is 17.3. The molecule has 1 heterocycles. The van der Waals surface area contributed by atoms with Gasteiger partial charge in [-0.3, -0.25) is 14.9 Å². The number of carbonyl (C=O) groups is 1. The molecule has 2 aromatic carbocycles. The number of nitro groups is 1. The lowest BCUT2D eigenvalue weighted by Gasteiger charge is -2.06. The van der Waals surface area contributed by atoms with E-state index in [1.54, 1.807) is 12.3 Å². The second kappa shape index (κ2) is 7.56. The van der Waals surface area contributed by atoms with Gasteiger partial charge in [-0.25, -0.2) is 13.5 Å². The zero-order chi connectivity index (χ0) is 19.4. The van der Waals surface area contributed by atoms with Gasteiger partial charge in [0.1, 0.15) is 11.5 Å². The molecule has 3 rings (SSSR count). The Balaban J connectivity index is 1.74. The summed E-state index contributed by atoms with van der Waals surface area (Å²) in [6.45, 7) is 0. The van der Waals surface area contributed by atoms with Crippen LogP contribution in [-0.4, -0.2) is 20.6 Å². The first-order valence-electron chi connectivity index (χ1n) is 7.66. The fourth-order valence-corrected chi connectivity index (χ4v) is 2.35. The third kappa shape index (κ3) is 4.21. The van der Waals surface area contributed by atoms with Crippen molar-refractivity contribution in [3.8, 4) is 5.69 Å². The molecule has 7 nitrogen and oxygen atoms in total. The van der Waals surface area contributed by atoms with Crippen LogP contribution in [0, 0.1) is 21.7 Å². The summed E-state index contributed by atoms with van der Waals surface area (Å²) in [5.41, 5.74) is 0.0209. The number of hydrogen-bond acceptors (Lipinski definition) is 4. The molecule has 1 amide bonds. The van der Waals surface area contributed by atoms with Gasteiger partial charge in [0.15, 0.2) is 5.82 Å². The summed E-state index contributed by atoms with van der Waals surface area (Å²) in [7, 11) is 0. The topological polar surface area (TPSA) is 90.1 Å². The fraction of sp³-hybridized carbons (Fsp3) is 0. The molecule has 136 valence electrons. The van der Waals surface area contributed by atoms with Crippen molar-refractivity contribution >= 4 is 23.4 Å². The molecular formula is C18H12F2N4O3. The highest BCUT2D eigenvalue weighted by molar-refractivity contribution is 6.02. The predicted octanol–water partition coefficient (Wildman–Crippen LogP) is 3.71. The van der Waals surface area contributed by atoms with Crippen molar-refractivity contribution < 1.29 is 18.5 Å². The van der Waals surface area contributed by atoms with E-state index in [1.807, 2.05) is 0 Å². The molecule has 0 saturated carbocycles. The maximum Gasteiger partial charge on any atom is 0.279 e. The minimum absolute atomic E-state index is 0.0664. The van der Waals surface area contributed by atoms with Crippen LogP contribution in [0.2, 0.25) is 0 Å². The maximum absolute atomic E-state index is 14.2. The average Bonchev–Trinajstić information content (AvgIpc) is 3.15. The van der Waals surface area contributed by atoms with Crippen LogP contribution in [0.25, 0.3) is 11.8 Å². The summed E-state index contributed by atoms with van der Waals surface area (Å²) in [4.78, 5) is 22.2. The van der Waals surface area contributed by atoms with Gasteiger partial charge in [-0.05, 0) is 42.5 Å². The van der Waals surface area contributed by atoms with Gasteiger partial charge in [0.05, 0.1) is 16.6 Å². The molecule has 1 N–H and O–H groups in total. The van der Waals surface area contributed by atoms with Crippen molar-refractivity contribution in [2.45, 2.75) is 0 Å². The van der Waals surface area contributed by atoms with Crippen LogP contribution >= 0.6 is 0 Å². The molecule has 0 bridgehead atoms. The number of nitro benzene ring substituents is 1.